The molecule has 0 saturated heterocycles. The molecule has 0 amide bonds. The van der Waals surface area contributed by atoms with Gasteiger partial charge in [-0.25, -0.2) is 0 Å². The van der Waals surface area contributed by atoms with E-state index in [0.717, 1.165) is 0 Å². The fourth-order valence-electron chi connectivity index (χ4n) is 5.53. The van der Waals surface area contributed by atoms with Crippen LogP contribution in [0.5, 0.6) is 0 Å². The van der Waals surface area contributed by atoms with E-state index in [-0.39, 0.29) is 0 Å². The van der Waals surface area contributed by atoms with Crippen LogP contribution in [-0.2, 0) is 0 Å². The Morgan fingerprint density at radius 2 is 0.909 bits per heavy atom. The third-order valence-electron chi connectivity index (χ3n) is 7.77. The number of nitrogens with zero attached hydrogens (tertiary/aromatic N) is 2. The molecule has 1 rings (SSSR count). The number of rotatable bonds is 20. The fourth-order valence-corrected chi connectivity index (χ4v) is 39.9. The van der Waals surface area contributed by atoms with E-state index in [1.807, 2.05) is 0 Å². The van der Waals surface area contributed by atoms with Crippen LogP contribution in [0, 0.1) is 0 Å². The molecule has 1 aromatic heterocycles. The topological polar surface area (TPSA) is 25.8 Å². The summed E-state index contributed by atoms with van der Waals surface area (Å²) < 4.78 is 13.1. The zero-order chi connectivity index (χ0) is 24.6. The molecule has 0 radical (unpaired) electrons. The quantitative estimate of drug-likeness (QED) is 0.125. The summed E-state index contributed by atoms with van der Waals surface area (Å²) in [6, 6.07) is 0. The summed E-state index contributed by atoms with van der Waals surface area (Å²) in [7, 11) is 0. The summed E-state index contributed by atoms with van der Waals surface area (Å²) in [5.74, 6) is 0. The Bertz CT molecular complexity index is 595. The molecule has 0 N–H and O–H groups in total. The van der Waals surface area contributed by atoms with E-state index in [2.05, 4.69) is 63.7 Å². The van der Waals surface area contributed by atoms with Crippen molar-refractivity contribution < 1.29 is 0 Å². The second-order valence-corrected chi connectivity index (χ2v) is 37.2. The van der Waals surface area contributed by atoms with Gasteiger partial charge in [-0.1, -0.05) is 0 Å². The standard InChI is InChI=1S/C4HBrN2.6C4H9.2Sn/c5-4-1-6-3-7-2-4;6*1-3-4-2;;/h1H;6*1,3-4H2,2H3;;. The van der Waals surface area contributed by atoms with Crippen LogP contribution in [0.25, 0.3) is 0 Å². The van der Waals surface area contributed by atoms with Gasteiger partial charge in [-0.2, -0.15) is 0 Å². The summed E-state index contributed by atoms with van der Waals surface area (Å²) in [5, 5.41) is 0. The molecular formula is C28H55BrN2Sn2. The Labute approximate surface area is 224 Å². The second-order valence-electron chi connectivity index (χ2n) is 10.6. The van der Waals surface area contributed by atoms with Crippen LogP contribution in [0.4, 0.5) is 0 Å². The van der Waals surface area contributed by atoms with Crippen molar-refractivity contribution in [3.8, 4) is 0 Å². The van der Waals surface area contributed by atoms with Gasteiger partial charge >= 0.3 is 226 Å². The van der Waals surface area contributed by atoms with Gasteiger partial charge in [-0.15, -0.1) is 0 Å². The number of halogens is 1. The van der Waals surface area contributed by atoms with E-state index in [4.69, 9.17) is 9.97 Å². The Morgan fingerprint density at radius 3 is 1.24 bits per heavy atom. The van der Waals surface area contributed by atoms with Crippen molar-refractivity contribution in [2.75, 3.05) is 0 Å². The van der Waals surface area contributed by atoms with Crippen LogP contribution in [-0.4, -0.2) is 46.7 Å². The molecular weight excluding hydrogens is 682 g/mol. The van der Waals surface area contributed by atoms with Gasteiger partial charge in [-0.3, -0.25) is 0 Å². The first kappa shape index (κ1) is 32.2. The summed E-state index contributed by atoms with van der Waals surface area (Å²) in [6.45, 7) is 14.2. The van der Waals surface area contributed by atoms with Crippen molar-refractivity contribution in [2.45, 2.75) is 145 Å². The molecule has 0 fully saturated rings. The van der Waals surface area contributed by atoms with Crippen molar-refractivity contribution in [1.82, 2.24) is 9.97 Å². The molecule has 0 saturated carbocycles. The molecule has 1 aromatic rings. The van der Waals surface area contributed by atoms with Crippen molar-refractivity contribution >= 4 is 60.2 Å². The maximum absolute atomic E-state index is 5.76. The Balaban J connectivity index is 3.62. The van der Waals surface area contributed by atoms with Crippen molar-refractivity contribution in [1.29, 1.82) is 0 Å². The molecule has 0 aliphatic rings. The van der Waals surface area contributed by atoms with Crippen LogP contribution in [0.3, 0.4) is 0 Å². The summed E-state index contributed by atoms with van der Waals surface area (Å²) in [4.78, 5) is 11.0. The van der Waals surface area contributed by atoms with Crippen LogP contribution in [0.15, 0.2) is 10.7 Å². The van der Waals surface area contributed by atoms with Crippen molar-refractivity contribution in [3.05, 3.63) is 10.7 Å². The first-order valence-corrected chi connectivity index (χ1v) is 30.3. The molecule has 0 bridgehead atoms. The molecule has 0 aliphatic heterocycles. The van der Waals surface area contributed by atoms with E-state index >= 15 is 0 Å². The van der Waals surface area contributed by atoms with E-state index in [0.29, 0.717) is 0 Å². The number of hydrogen-bond acceptors (Lipinski definition) is 2. The third-order valence-corrected chi connectivity index (χ3v) is 39.2. The van der Waals surface area contributed by atoms with Crippen molar-refractivity contribution in [3.63, 3.8) is 0 Å². The molecule has 5 heteroatoms. The zero-order valence-electron chi connectivity index (χ0n) is 23.1. The normalized spacial score (nSPS) is 12.5. The minimum absolute atomic E-state index is 1.27. The summed E-state index contributed by atoms with van der Waals surface area (Å²) in [6.07, 6.45) is 18.4. The summed E-state index contributed by atoms with van der Waals surface area (Å²) in [5.41, 5.74) is 0. The van der Waals surface area contributed by atoms with Crippen LogP contribution in [0.1, 0.15) is 119 Å². The van der Waals surface area contributed by atoms with Gasteiger partial charge in [0.2, 0.25) is 0 Å². The van der Waals surface area contributed by atoms with Gasteiger partial charge in [0, 0.05) is 0 Å². The van der Waals surface area contributed by atoms with E-state index in [1.165, 1.54) is 112 Å². The van der Waals surface area contributed by atoms with Gasteiger partial charge in [0.1, 0.15) is 0 Å². The van der Waals surface area contributed by atoms with Crippen LogP contribution in [0.2, 0.25) is 26.6 Å². The molecule has 0 atom stereocenters. The second kappa shape index (κ2) is 18.4. The molecule has 1 heterocycles. The Hall–Kier alpha value is 1.16. The molecule has 192 valence electrons. The Morgan fingerprint density at radius 1 is 0.576 bits per heavy atom. The molecule has 0 aromatic carbocycles. The predicted octanol–water partition coefficient (Wildman–Crippen LogP) is 9.35. The zero-order valence-corrected chi connectivity index (χ0v) is 30.4. The summed E-state index contributed by atoms with van der Waals surface area (Å²) >= 11 is -1.20. The molecule has 0 aliphatic carbocycles. The van der Waals surface area contributed by atoms with Crippen LogP contribution < -0.4 is 7.55 Å². The number of unbranched alkanes of at least 4 members (excludes halogenated alkanes) is 6. The molecule has 33 heavy (non-hydrogen) atoms. The van der Waals surface area contributed by atoms with Crippen molar-refractivity contribution in [2.24, 2.45) is 0 Å². The maximum atomic E-state index is 5.76. The molecule has 2 nitrogen and oxygen atoms in total. The van der Waals surface area contributed by atoms with Gasteiger partial charge in [-0.05, 0) is 0 Å². The predicted molar refractivity (Wildman–Crippen MR) is 159 cm³/mol. The van der Waals surface area contributed by atoms with Gasteiger partial charge < -0.3 is 0 Å². The first-order valence-electron chi connectivity index (χ1n) is 14.5. The SMILES string of the molecule is CCC[CH2][Sn]([CH2]CCC)([CH2]CCC)[c]1ncc(Br)[c]([Sn]([CH2]CCC)([CH2]CCC)[CH2]CCC)n1. The Kier molecular flexibility index (Phi) is 18.0. The van der Waals surface area contributed by atoms with Gasteiger partial charge in [0.25, 0.3) is 0 Å². The first-order chi connectivity index (χ1) is 16.0. The van der Waals surface area contributed by atoms with E-state index in [1.54, 1.807) is 3.71 Å². The van der Waals surface area contributed by atoms with Crippen LogP contribution >= 0.6 is 15.9 Å². The number of aromatic nitrogens is 2. The van der Waals surface area contributed by atoms with Gasteiger partial charge in [0.15, 0.2) is 0 Å². The fraction of sp³-hybridized carbons (Fsp3) is 0.857. The molecule has 0 spiro atoms. The third kappa shape index (κ3) is 10.2. The minimum atomic E-state index is -2.62. The van der Waals surface area contributed by atoms with E-state index in [9.17, 15) is 0 Å². The van der Waals surface area contributed by atoms with Gasteiger partial charge in [0.05, 0.1) is 0 Å². The monoisotopic (exact) mass is 738 g/mol. The molecule has 0 unspecified atom stereocenters. The average molecular weight is 737 g/mol. The van der Waals surface area contributed by atoms with E-state index < -0.39 is 36.8 Å². The average Bonchev–Trinajstić information content (AvgIpc) is 2.84. The number of hydrogen-bond donors (Lipinski definition) is 0.